The van der Waals surface area contributed by atoms with Gasteiger partial charge >= 0.3 is 5.69 Å². The summed E-state index contributed by atoms with van der Waals surface area (Å²) < 4.78 is 5.22. The molecule has 1 N–H and O–H groups in total. The predicted molar refractivity (Wildman–Crippen MR) is 110 cm³/mol. The van der Waals surface area contributed by atoms with Gasteiger partial charge in [-0.1, -0.05) is 41.7 Å². The molecule has 0 spiro atoms. The number of Topliss-reactive ketones (excluding diaryl/α,β-unsaturated/α-hetero) is 1. The number of nitro groups is 1. The number of hydrogen-bond donors (Lipinski definition) is 1. The van der Waals surface area contributed by atoms with Crippen molar-refractivity contribution < 1.29 is 19.2 Å². The first kappa shape index (κ1) is 20.2. The second-order valence-electron chi connectivity index (χ2n) is 5.95. The summed E-state index contributed by atoms with van der Waals surface area (Å²) in [5, 5.41) is 14.1. The zero-order valence-electron chi connectivity index (χ0n) is 15.7. The lowest BCUT2D eigenvalue weighted by Gasteiger charge is -2.06. The van der Waals surface area contributed by atoms with Crippen LogP contribution in [0.1, 0.15) is 33.9 Å². The lowest BCUT2D eigenvalue weighted by Crippen LogP contribution is -2.12. The Bertz CT molecular complexity index is 1080. The Morgan fingerprint density at radius 2 is 1.93 bits per heavy atom. The van der Waals surface area contributed by atoms with E-state index < -0.39 is 10.8 Å². The lowest BCUT2D eigenvalue weighted by atomic mass is 10.1. The molecule has 3 rings (SSSR count). The van der Waals surface area contributed by atoms with E-state index in [-0.39, 0.29) is 34.5 Å². The van der Waals surface area contributed by atoms with Crippen molar-refractivity contribution in [3.05, 3.63) is 69.1 Å². The molecule has 1 heterocycles. The number of ether oxygens (including phenoxy) is 1. The monoisotopic (exact) mass is 411 g/mol. The van der Waals surface area contributed by atoms with Gasteiger partial charge in [0.15, 0.2) is 16.7 Å². The molecule has 0 atom stereocenters. The Morgan fingerprint density at radius 3 is 2.55 bits per heavy atom. The third kappa shape index (κ3) is 4.46. The van der Waals surface area contributed by atoms with Crippen molar-refractivity contribution in [1.29, 1.82) is 0 Å². The van der Waals surface area contributed by atoms with Crippen LogP contribution in [0.4, 0.5) is 10.8 Å². The van der Waals surface area contributed by atoms with Gasteiger partial charge in [-0.25, -0.2) is 4.98 Å². The van der Waals surface area contributed by atoms with Gasteiger partial charge in [-0.05, 0) is 19.1 Å². The van der Waals surface area contributed by atoms with Crippen molar-refractivity contribution in [1.82, 2.24) is 4.98 Å². The number of rotatable bonds is 7. The SMILES string of the molecule is CCOc1ccc(C(=O)Nc2nc(-c3ccccc3)c(C(C)=O)s2)cc1[N+](=O)[O-]. The van der Waals surface area contributed by atoms with E-state index in [0.29, 0.717) is 10.6 Å². The van der Waals surface area contributed by atoms with E-state index in [9.17, 15) is 19.7 Å². The number of amides is 1. The number of benzene rings is 2. The molecule has 0 aliphatic heterocycles. The zero-order chi connectivity index (χ0) is 21.0. The maximum Gasteiger partial charge on any atom is 0.311 e. The van der Waals surface area contributed by atoms with Gasteiger partial charge in [-0.3, -0.25) is 25.0 Å². The van der Waals surface area contributed by atoms with Crippen molar-refractivity contribution in [3.63, 3.8) is 0 Å². The highest BCUT2D eigenvalue weighted by molar-refractivity contribution is 7.18. The lowest BCUT2D eigenvalue weighted by molar-refractivity contribution is -0.385. The quantitative estimate of drug-likeness (QED) is 0.346. The summed E-state index contributed by atoms with van der Waals surface area (Å²) in [7, 11) is 0. The first-order valence-corrected chi connectivity index (χ1v) is 9.52. The minimum Gasteiger partial charge on any atom is -0.487 e. The number of nitrogens with zero attached hydrogens (tertiary/aromatic N) is 2. The molecular formula is C20H17N3O5S. The molecule has 0 fully saturated rings. The van der Waals surface area contributed by atoms with Gasteiger partial charge in [-0.15, -0.1) is 0 Å². The molecule has 0 saturated heterocycles. The Morgan fingerprint density at radius 1 is 1.21 bits per heavy atom. The topological polar surface area (TPSA) is 111 Å². The zero-order valence-corrected chi connectivity index (χ0v) is 16.5. The van der Waals surface area contributed by atoms with E-state index in [1.807, 2.05) is 30.3 Å². The smallest absolute Gasteiger partial charge is 0.311 e. The minimum absolute atomic E-state index is 0.0842. The molecule has 0 saturated carbocycles. The van der Waals surface area contributed by atoms with Crippen LogP contribution in [0.5, 0.6) is 5.75 Å². The van der Waals surface area contributed by atoms with Crippen molar-refractivity contribution in [2.45, 2.75) is 13.8 Å². The van der Waals surface area contributed by atoms with E-state index in [2.05, 4.69) is 10.3 Å². The van der Waals surface area contributed by atoms with Gasteiger partial charge in [0, 0.05) is 24.1 Å². The molecule has 8 nitrogen and oxygen atoms in total. The number of nitrogens with one attached hydrogen (secondary N) is 1. The average molecular weight is 411 g/mol. The third-order valence-electron chi connectivity index (χ3n) is 3.93. The molecule has 2 aromatic carbocycles. The average Bonchev–Trinajstić information content (AvgIpc) is 3.13. The Kier molecular flexibility index (Phi) is 5.99. The molecule has 0 bridgehead atoms. The third-order valence-corrected chi connectivity index (χ3v) is 5.00. The van der Waals surface area contributed by atoms with Gasteiger partial charge < -0.3 is 4.74 Å². The Labute approximate surface area is 170 Å². The second kappa shape index (κ2) is 8.61. The maximum absolute atomic E-state index is 12.6. The predicted octanol–water partition coefficient (Wildman–Crippen LogP) is 4.57. The van der Waals surface area contributed by atoms with Crippen molar-refractivity contribution in [3.8, 4) is 17.0 Å². The Balaban J connectivity index is 1.90. The molecule has 29 heavy (non-hydrogen) atoms. The van der Waals surface area contributed by atoms with Crippen LogP contribution in [0.25, 0.3) is 11.3 Å². The standard InChI is InChI=1S/C20H17N3O5S/c1-3-28-16-10-9-14(11-15(16)23(26)27)19(25)22-20-21-17(18(29-20)12(2)24)13-7-5-4-6-8-13/h4-11H,3H2,1-2H3,(H,21,22,25). The van der Waals surface area contributed by atoms with E-state index in [1.165, 1.54) is 19.1 Å². The molecule has 1 amide bonds. The summed E-state index contributed by atoms with van der Waals surface area (Å²) >= 11 is 1.06. The van der Waals surface area contributed by atoms with Crippen molar-refractivity contribution in [2.75, 3.05) is 11.9 Å². The first-order chi connectivity index (χ1) is 13.9. The number of carbonyl (C=O) groups excluding carboxylic acids is 2. The van der Waals surface area contributed by atoms with Crippen LogP contribution >= 0.6 is 11.3 Å². The summed E-state index contributed by atoms with van der Waals surface area (Å²) in [6.07, 6.45) is 0. The Hall–Kier alpha value is -3.59. The molecule has 0 aliphatic rings. The van der Waals surface area contributed by atoms with Gasteiger partial charge in [-0.2, -0.15) is 0 Å². The van der Waals surface area contributed by atoms with Gasteiger partial charge in [0.1, 0.15) is 0 Å². The molecule has 9 heteroatoms. The van der Waals surface area contributed by atoms with Crippen LogP contribution in [-0.4, -0.2) is 28.2 Å². The number of carbonyl (C=O) groups is 2. The van der Waals surface area contributed by atoms with Crippen LogP contribution in [0.15, 0.2) is 48.5 Å². The summed E-state index contributed by atoms with van der Waals surface area (Å²) in [5.74, 6) is -0.647. The summed E-state index contributed by atoms with van der Waals surface area (Å²) in [5.41, 5.74) is 1.02. The van der Waals surface area contributed by atoms with Crippen LogP contribution in [-0.2, 0) is 0 Å². The maximum atomic E-state index is 12.6. The fourth-order valence-electron chi connectivity index (χ4n) is 2.65. The molecule has 3 aromatic rings. The fourth-order valence-corrected chi connectivity index (χ4v) is 3.53. The van der Waals surface area contributed by atoms with Crippen molar-refractivity contribution in [2.24, 2.45) is 0 Å². The minimum atomic E-state index is -0.605. The number of hydrogen-bond acceptors (Lipinski definition) is 7. The molecule has 0 radical (unpaired) electrons. The van der Waals surface area contributed by atoms with Gasteiger partial charge in [0.25, 0.3) is 5.91 Å². The van der Waals surface area contributed by atoms with Gasteiger partial charge in [0.2, 0.25) is 0 Å². The molecule has 148 valence electrons. The highest BCUT2D eigenvalue weighted by Gasteiger charge is 2.21. The summed E-state index contributed by atoms with van der Waals surface area (Å²) in [6, 6.07) is 13.1. The molecule has 1 aromatic heterocycles. The molecular weight excluding hydrogens is 394 g/mol. The highest BCUT2D eigenvalue weighted by atomic mass is 32.1. The van der Waals surface area contributed by atoms with E-state index in [1.54, 1.807) is 6.92 Å². The van der Waals surface area contributed by atoms with Crippen LogP contribution in [0.2, 0.25) is 0 Å². The first-order valence-electron chi connectivity index (χ1n) is 8.70. The van der Waals surface area contributed by atoms with Crippen molar-refractivity contribution >= 4 is 33.8 Å². The largest absolute Gasteiger partial charge is 0.487 e. The summed E-state index contributed by atoms with van der Waals surface area (Å²) in [6.45, 7) is 3.41. The second-order valence-corrected chi connectivity index (χ2v) is 6.94. The van der Waals surface area contributed by atoms with E-state index >= 15 is 0 Å². The van der Waals surface area contributed by atoms with Crippen LogP contribution in [0, 0.1) is 10.1 Å². The molecule has 0 aliphatic carbocycles. The van der Waals surface area contributed by atoms with Gasteiger partial charge in [0.05, 0.1) is 22.1 Å². The number of nitro benzene ring substituents is 1. The van der Waals surface area contributed by atoms with E-state index in [4.69, 9.17) is 4.74 Å². The number of anilines is 1. The fraction of sp³-hybridized carbons (Fsp3) is 0.150. The van der Waals surface area contributed by atoms with E-state index in [0.717, 1.165) is 23.0 Å². The number of aromatic nitrogens is 1. The van der Waals surface area contributed by atoms with Crippen LogP contribution < -0.4 is 10.1 Å². The number of ketones is 1. The highest BCUT2D eigenvalue weighted by Crippen LogP contribution is 2.32. The summed E-state index contributed by atoms with van der Waals surface area (Å²) in [4.78, 5) is 40.0. The molecule has 0 unspecified atom stereocenters. The number of thiazole rings is 1. The normalized spacial score (nSPS) is 10.4. The van der Waals surface area contributed by atoms with Crippen LogP contribution in [0.3, 0.4) is 0 Å².